The van der Waals surface area contributed by atoms with Gasteiger partial charge in [-0.3, -0.25) is 19.6 Å². The number of ether oxygens (including phenoxy) is 2. The second-order valence-corrected chi connectivity index (χ2v) is 6.52. The van der Waals surface area contributed by atoms with Crippen molar-refractivity contribution in [1.82, 2.24) is 15.1 Å². The molecule has 2 heterocycles. The molecule has 0 bridgehead atoms. The van der Waals surface area contributed by atoms with Crippen LogP contribution in [0.5, 0.6) is 5.75 Å². The van der Waals surface area contributed by atoms with Gasteiger partial charge in [0, 0.05) is 48.1 Å². The van der Waals surface area contributed by atoms with Crippen LogP contribution in [0.3, 0.4) is 0 Å². The second kappa shape index (κ2) is 8.66. The zero-order valence-corrected chi connectivity index (χ0v) is 15.8. The predicted molar refractivity (Wildman–Crippen MR) is 102 cm³/mol. The number of carbonyl (C=O) groups excluding carboxylic acids is 1. The molecule has 1 aromatic carbocycles. The molecule has 0 fully saturated rings. The Morgan fingerprint density at radius 3 is 2.93 bits per heavy atom. The van der Waals surface area contributed by atoms with Gasteiger partial charge in [-0.1, -0.05) is 0 Å². The molecule has 0 aliphatic carbocycles. The van der Waals surface area contributed by atoms with E-state index in [-0.39, 0.29) is 25.0 Å². The summed E-state index contributed by atoms with van der Waals surface area (Å²) in [6.07, 6.45) is 3.61. The van der Waals surface area contributed by atoms with E-state index < -0.39 is 4.92 Å². The summed E-state index contributed by atoms with van der Waals surface area (Å²) in [5, 5.41) is 18.3. The molecule has 3 rings (SSSR count). The van der Waals surface area contributed by atoms with Crippen molar-refractivity contribution in [2.75, 3.05) is 13.3 Å². The Balaban J connectivity index is 1.58. The Hall–Kier alpha value is -3.20. The molecule has 0 saturated carbocycles. The minimum absolute atomic E-state index is 0.0715. The zero-order chi connectivity index (χ0) is 20.1. The summed E-state index contributed by atoms with van der Waals surface area (Å²) < 4.78 is 12.5. The van der Waals surface area contributed by atoms with Crippen LogP contribution < -0.4 is 10.1 Å². The predicted octanol–water partition coefficient (Wildman–Crippen LogP) is 2.49. The lowest BCUT2D eigenvalue weighted by Crippen LogP contribution is -2.23. The first-order valence-electron chi connectivity index (χ1n) is 8.93. The number of carbonyl (C=O) groups is 1. The summed E-state index contributed by atoms with van der Waals surface area (Å²) in [4.78, 5) is 22.7. The maximum atomic E-state index is 12.1. The second-order valence-electron chi connectivity index (χ2n) is 6.52. The highest BCUT2D eigenvalue weighted by Gasteiger charge is 2.19. The monoisotopic (exact) mass is 386 g/mol. The van der Waals surface area contributed by atoms with Gasteiger partial charge in [-0.15, -0.1) is 0 Å². The van der Waals surface area contributed by atoms with Crippen LogP contribution in [0.1, 0.15) is 28.9 Å². The largest absolute Gasteiger partial charge is 0.467 e. The molecule has 1 N–H and O–H groups in total. The van der Waals surface area contributed by atoms with E-state index in [1.165, 1.54) is 24.3 Å². The molecule has 9 nitrogen and oxygen atoms in total. The van der Waals surface area contributed by atoms with Crippen molar-refractivity contribution in [3.8, 4) is 5.75 Å². The number of benzene rings is 1. The van der Waals surface area contributed by atoms with Crippen molar-refractivity contribution in [1.29, 1.82) is 0 Å². The van der Waals surface area contributed by atoms with Crippen molar-refractivity contribution in [2.24, 2.45) is 0 Å². The van der Waals surface area contributed by atoms with Crippen LogP contribution in [0.4, 0.5) is 5.69 Å². The third-order valence-corrected chi connectivity index (χ3v) is 4.30. The molecular weight excluding hydrogens is 364 g/mol. The number of non-ortho nitro benzene ring substituents is 1. The highest BCUT2D eigenvalue weighted by atomic mass is 16.7. The number of hydrogen-bond acceptors (Lipinski definition) is 6. The van der Waals surface area contributed by atoms with E-state index in [1.54, 1.807) is 0 Å². The Kier molecular flexibility index (Phi) is 6.05. The number of fused-ring (bicyclic) bond motifs is 1. The molecular formula is C19H22N4O5. The highest BCUT2D eigenvalue weighted by molar-refractivity contribution is 5.92. The van der Waals surface area contributed by atoms with Crippen LogP contribution in [0, 0.1) is 24.0 Å². The van der Waals surface area contributed by atoms with E-state index in [4.69, 9.17) is 9.47 Å². The van der Waals surface area contributed by atoms with Gasteiger partial charge in [0.25, 0.3) is 5.69 Å². The number of rotatable bonds is 7. The third-order valence-electron chi connectivity index (χ3n) is 4.30. The van der Waals surface area contributed by atoms with Crippen LogP contribution in [0.25, 0.3) is 6.08 Å². The van der Waals surface area contributed by atoms with E-state index in [9.17, 15) is 14.9 Å². The Morgan fingerprint density at radius 1 is 1.39 bits per heavy atom. The average Bonchev–Trinajstić information content (AvgIpc) is 3.00. The van der Waals surface area contributed by atoms with Crippen LogP contribution >= 0.6 is 0 Å². The summed E-state index contributed by atoms with van der Waals surface area (Å²) in [7, 11) is 0. The number of nitrogens with one attached hydrogen (secondary N) is 1. The quantitative estimate of drug-likeness (QED) is 0.339. The van der Waals surface area contributed by atoms with E-state index >= 15 is 0 Å². The Labute approximate surface area is 162 Å². The summed E-state index contributed by atoms with van der Waals surface area (Å²) in [6, 6.07) is 4.82. The smallest absolute Gasteiger partial charge is 0.270 e. The number of aryl methyl sites for hydroxylation is 3. The number of aromatic nitrogens is 2. The lowest BCUT2D eigenvalue weighted by atomic mass is 10.1. The van der Waals surface area contributed by atoms with Crippen molar-refractivity contribution < 1.29 is 19.2 Å². The number of hydrogen-bond donors (Lipinski definition) is 1. The highest BCUT2D eigenvalue weighted by Crippen LogP contribution is 2.33. The van der Waals surface area contributed by atoms with Crippen LogP contribution in [-0.4, -0.2) is 33.9 Å². The fourth-order valence-electron chi connectivity index (χ4n) is 3.03. The standard InChI is InChI=1S/C19H22N4O5/c1-13-8-14(2)22(21-13)7-3-6-20-18(24)5-4-15-9-17(23(25)26)10-16-11-27-12-28-19(15)16/h4-5,8-10H,3,6-7,11-12H2,1-2H3,(H,20,24)/b5-4+. The van der Waals surface area contributed by atoms with E-state index in [1.807, 2.05) is 24.6 Å². The van der Waals surface area contributed by atoms with Gasteiger partial charge in [0.05, 0.1) is 17.2 Å². The minimum Gasteiger partial charge on any atom is -0.467 e. The van der Waals surface area contributed by atoms with Gasteiger partial charge in [0.1, 0.15) is 5.75 Å². The molecule has 0 unspecified atom stereocenters. The summed E-state index contributed by atoms with van der Waals surface area (Å²) in [6.45, 7) is 5.46. The summed E-state index contributed by atoms with van der Waals surface area (Å²) in [5.74, 6) is 0.228. The summed E-state index contributed by atoms with van der Waals surface area (Å²) in [5.41, 5.74) is 3.05. The van der Waals surface area contributed by atoms with E-state index in [0.717, 1.165) is 24.4 Å². The lowest BCUT2D eigenvalue weighted by Gasteiger charge is -2.19. The van der Waals surface area contributed by atoms with E-state index in [2.05, 4.69) is 10.4 Å². The lowest BCUT2D eigenvalue weighted by molar-refractivity contribution is -0.385. The van der Waals surface area contributed by atoms with Crippen LogP contribution in [0.2, 0.25) is 0 Å². The molecule has 1 aliphatic rings. The average molecular weight is 386 g/mol. The topological polar surface area (TPSA) is 109 Å². The van der Waals surface area contributed by atoms with Crippen molar-refractivity contribution in [3.63, 3.8) is 0 Å². The molecule has 1 aromatic heterocycles. The maximum Gasteiger partial charge on any atom is 0.270 e. The number of amides is 1. The van der Waals surface area contributed by atoms with Gasteiger partial charge < -0.3 is 14.8 Å². The fraction of sp³-hybridized carbons (Fsp3) is 0.368. The first-order chi connectivity index (χ1) is 13.4. The van der Waals surface area contributed by atoms with Crippen molar-refractivity contribution >= 4 is 17.7 Å². The van der Waals surface area contributed by atoms with Crippen molar-refractivity contribution in [2.45, 2.75) is 33.4 Å². The fourth-order valence-corrected chi connectivity index (χ4v) is 3.03. The van der Waals surface area contributed by atoms with Crippen LogP contribution in [0.15, 0.2) is 24.3 Å². The molecule has 0 spiro atoms. The normalized spacial score (nSPS) is 13.2. The molecule has 1 aliphatic heterocycles. The number of nitrogens with zero attached hydrogens (tertiary/aromatic N) is 3. The van der Waals surface area contributed by atoms with Gasteiger partial charge in [-0.25, -0.2) is 0 Å². The first kappa shape index (κ1) is 19.6. The van der Waals surface area contributed by atoms with Gasteiger partial charge in [-0.2, -0.15) is 5.10 Å². The van der Waals surface area contributed by atoms with Crippen molar-refractivity contribution in [3.05, 3.63) is 56.9 Å². The van der Waals surface area contributed by atoms with Crippen LogP contribution in [-0.2, 0) is 22.7 Å². The first-order valence-corrected chi connectivity index (χ1v) is 8.93. The number of nitro benzene ring substituents is 1. The third kappa shape index (κ3) is 4.74. The molecule has 0 atom stereocenters. The zero-order valence-electron chi connectivity index (χ0n) is 15.8. The Morgan fingerprint density at radius 2 is 2.21 bits per heavy atom. The van der Waals surface area contributed by atoms with Gasteiger partial charge in [-0.05, 0) is 32.4 Å². The minimum atomic E-state index is -0.481. The van der Waals surface area contributed by atoms with Gasteiger partial charge in [0.2, 0.25) is 5.91 Å². The molecule has 9 heteroatoms. The number of nitro groups is 1. The van der Waals surface area contributed by atoms with Gasteiger partial charge >= 0.3 is 0 Å². The molecule has 28 heavy (non-hydrogen) atoms. The maximum absolute atomic E-state index is 12.1. The summed E-state index contributed by atoms with van der Waals surface area (Å²) >= 11 is 0. The Bertz CT molecular complexity index is 919. The van der Waals surface area contributed by atoms with Gasteiger partial charge in [0.15, 0.2) is 6.79 Å². The molecule has 148 valence electrons. The molecule has 2 aromatic rings. The molecule has 0 radical (unpaired) electrons. The molecule has 0 saturated heterocycles. The molecule has 1 amide bonds. The van der Waals surface area contributed by atoms with E-state index in [0.29, 0.717) is 23.4 Å². The SMILES string of the molecule is Cc1cc(C)n(CCCNC(=O)/C=C/c2cc([N+](=O)[O-])cc3c2OCOC3)n1.